The lowest BCUT2D eigenvalue weighted by molar-refractivity contribution is 0.102. The molecule has 0 unspecified atom stereocenters. The summed E-state index contributed by atoms with van der Waals surface area (Å²) in [6.45, 7) is 3.88. The fourth-order valence-corrected chi connectivity index (χ4v) is 3.25. The number of carbonyl (C=O) groups is 1. The Labute approximate surface area is 165 Å². The van der Waals surface area contributed by atoms with Crippen molar-refractivity contribution in [1.82, 2.24) is 20.4 Å². The van der Waals surface area contributed by atoms with Crippen LogP contribution in [-0.4, -0.2) is 31.9 Å². The molecule has 0 atom stereocenters. The molecule has 0 fully saturated rings. The molecule has 2 aromatic heterocycles. The molecule has 0 saturated carbocycles. The summed E-state index contributed by atoms with van der Waals surface area (Å²) in [7, 11) is 0. The second kappa shape index (κ2) is 7.77. The number of benzene rings is 2. The Morgan fingerprint density at radius 3 is 2.43 bits per heavy atom. The van der Waals surface area contributed by atoms with Crippen LogP contribution in [0.25, 0.3) is 23.2 Å². The summed E-state index contributed by atoms with van der Waals surface area (Å²) in [5.74, 6) is 0.837. The van der Waals surface area contributed by atoms with Gasteiger partial charge in [-0.25, -0.2) is 0 Å². The number of ketones is 1. The van der Waals surface area contributed by atoms with Crippen LogP contribution in [0.1, 0.15) is 21.5 Å². The SMILES string of the molecule is Cc1ccc(C)c(C(=O)CSc2nnc(-c3nnc(-c4ccccc4)o3)o2)c1. The topological polar surface area (TPSA) is 94.9 Å². The third kappa shape index (κ3) is 3.86. The first-order chi connectivity index (χ1) is 13.6. The van der Waals surface area contributed by atoms with Crippen molar-refractivity contribution in [2.75, 3.05) is 5.75 Å². The molecule has 0 spiro atoms. The summed E-state index contributed by atoms with van der Waals surface area (Å²) in [5.41, 5.74) is 3.50. The van der Waals surface area contributed by atoms with Crippen molar-refractivity contribution < 1.29 is 13.6 Å². The average Bonchev–Trinajstić information content (AvgIpc) is 3.38. The molecule has 0 aliphatic heterocycles. The molecule has 0 radical (unpaired) electrons. The second-order valence-corrected chi connectivity index (χ2v) is 7.11. The molecule has 0 saturated heterocycles. The van der Waals surface area contributed by atoms with Crippen LogP contribution < -0.4 is 0 Å². The van der Waals surface area contributed by atoms with E-state index in [1.165, 1.54) is 11.8 Å². The zero-order valence-corrected chi connectivity index (χ0v) is 16.1. The van der Waals surface area contributed by atoms with E-state index in [-0.39, 0.29) is 28.5 Å². The molecule has 2 heterocycles. The van der Waals surface area contributed by atoms with Gasteiger partial charge in [-0.2, -0.15) is 0 Å². The first-order valence-electron chi connectivity index (χ1n) is 8.56. The van der Waals surface area contributed by atoms with E-state index in [4.69, 9.17) is 8.83 Å². The molecule has 4 aromatic rings. The van der Waals surface area contributed by atoms with Crippen LogP contribution in [-0.2, 0) is 0 Å². The van der Waals surface area contributed by atoms with E-state index in [9.17, 15) is 4.79 Å². The van der Waals surface area contributed by atoms with Gasteiger partial charge in [-0.05, 0) is 37.6 Å². The van der Waals surface area contributed by atoms with Crippen molar-refractivity contribution in [3.05, 3.63) is 65.2 Å². The Hall–Kier alpha value is -3.26. The van der Waals surface area contributed by atoms with Crippen LogP contribution in [0.5, 0.6) is 0 Å². The zero-order valence-electron chi connectivity index (χ0n) is 15.2. The number of thioether (sulfide) groups is 1. The van der Waals surface area contributed by atoms with Gasteiger partial charge in [0.15, 0.2) is 5.78 Å². The van der Waals surface area contributed by atoms with E-state index in [0.717, 1.165) is 16.7 Å². The smallest absolute Gasteiger partial charge is 0.306 e. The third-order valence-electron chi connectivity index (χ3n) is 4.06. The number of nitrogens with zero attached hydrogens (tertiary/aromatic N) is 4. The summed E-state index contributed by atoms with van der Waals surface area (Å²) in [5, 5.41) is 16.1. The fraction of sp³-hybridized carbons (Fsp3) is 0.150. The van der Waals surface area contributed by atoms with E-state index < -0.39 is 0 Å². The van der Waals surface area contributed by atoms with Crippen molar-refractivity contribution in [2.45, 2.75) is 19.1 Å². The van der Waals surface area contributed by atoms with Crippen molar-refractivity contribution >= 4 is 17.5 Å². The molecule has 0 aliphatic carbocycles. The molecule has 140 valence electrons. The maximum absolute atomic E-state index is 12.5. The molecule has 0 amide bonds. The van der Waals surface area contributed by atoms with E-state index in [2.05, 4.69) is 20.4 Å². The monoisotopic (exact) mass is 392 g/mol. The van der Waals surface area contributed by atoms with Gasteiger partial charge in [-0.15, -0.1) is 20.4 Å². The lowest BCUT2D eigenvalue weighted by atomic mass is 10.0. The number of Topliss-reactive ketones (excluding diaryl/α,β-unsaturated/α-hetero) is 1. The Balaban J connectivity index is 1.44. The Bertz CT molecular complexity index is 1120. The average molecular weight is 392 g/mol. The van der Waals surface area contributed by atoms with E-state index in [0.29, 0.717) is 11.5 Å². The van der Waals surface area contributed by atoms with Crippen LogP contribution >= 0.6 is 11.8 Å². The Morgan fingerprint density at radius 1 is 0.893 bits per heavy atom. The minimum atomic E-state index is 0.00936. The quantitative estimate of drug-likeness (QED) is 0.352. The van der Waals surface area contributed by atoms with Crippen LogP contribution in [0, 0.1) is 13.8 Å². The second-order valence-electron chi connectivity index (χ2n) is 6.18. The maximum Gasteiger partial charge on any atom is 0.306 e. The highest BCUT2D eigenvalue weighted by atomic mass is 32.2. The van der Waals surface area contributed by atoms with Gasteiger partial charge in [0.25, 0.3) is 5.22 Å². The van der Waals surface area contributed by atoms with Crippen molar-refractivity contribution in [3.63, 3.8) is 0 Å². The summed E-state index contributed by atoms with van der Waals surface area (Å²) in [6, 6.07) is 15.2. The van der Waals surface area contributed by atoms with Gasteiger partial charge in [-0.1, -0.05) is 47.7 Å². The van der Waals surface area contributed by atoms with Gasteiger partial charge in [0.1, 0.15) is 0 Å². The van der Waals surface area contributed by atoms with Crippen LogP contribution in [0.3, 0.4) is 0 Å². The van der Waals surface area contributed by atoms with E-state index in [1.54, 1.807) is 0 Å². The van der Waals surface area contributed by atoms with Crippen LogP contribution in [0.2, 0.25) is 0 Å². The van der Waals surface area contributed by atoms with Gasteiger partial charge >= 0.3 is 11.8 Å². The van der Waals surface area contributed by atoms with Gasteiger partial charge in [0, 0.05) is 11.1 Å². The highest BCUT2D eigenvalue weighted by molar-refractivity contribution is 7.99. The summed E-state index contributed by atoms with van der Waals surface area (Å²) in [4.78, 5) is 12.5. The molecule has 8 heteroatoms. The molecule has 28 heavy (non-hydrogen) atoms. The number of aromatic nitrogens is 4. The normalized spacial score (nSPS) is 10.9. The van der Waals surface area contributed by atoms with Gasteiger partial charge in [-0.3, -0.25) is 4.79 Å². The van der Waals surface area contributed by atoms with Crippen LogP contribution in [0.4, 0.5) is 0 Å². The van der Waals surface area contributed by atoms with Gasteiger partial charge < -0.3 is 8.83 Å². The Kier molecular flexibility index (Phi) is 5.03. The maximum atomic E-state index is 12.5. The highest BCUT2D eigenvalue weighted by Gasteiger charge is 2.18. The number of hydrogen-bond acceptors (Lipinski definition) is 8. The van der Waals surface area contributed by atoms with Gasteiger partial charge in [0.05, 0.1) is 5.75 Å². The number of hydrogen-bond donors (Lipinski definition) is 0. The van der Waals surface area contributed by atoms with E-state index >= 15 is 0 Å². The molecule has 0 bridgehead atoms. The minimum absolute atomic E-state index is 0.00936. The molecule has 4 rings (SSSR count). The first-order valence-corrected chi connectivity index (χ1v) is 9.55. The highest BCUT2D eigenvalue weighted by Crippen LogP contribution is 2.26. The molecular weight excluding hydrogens is 376 g/mol. The molecule has 0 aliphatic rings. The number of aryl methyl sites for hydroxylation is 2. The van der Waals surface area contributed by atoms with E-state index in [1.807, 2.05) is 62.4 Å². The Morgan fingerprint density at radius 2 is 1.61 bits per heavy atom. The third-order valence-corrected chi connectivity index (χ3v) is 4.87. The lowest BCUT2D eigenvalue weighted by Gasteiger charge is -2.04. The van der Waals surface area contributed by atoms with Crippen molar-refractivity contribution in [2.24, 2.45) is 0 Å². The summed E-state index contributed by atoms with van der Waals surface area (Å²) < 4.78 is 11.1. The number of carbonyl (C=O) groups excluding carboxylic acids is 1. The summed E-state index contributed by atoms with van der Waals surface area (Å²) in [6.07, 6.45) is 0. The molecule has 0 N–H and O–H groups in total. The predicted octanol–water partition coefficient (Wildman–Crippen LogP) is 4.38. The minimum Gasteiger partial charge on any atom is -0.412 e. The lowest BCUT2D eigenvalue weighted by Crippen LogP contribution is -2.05. The van der Waals surface area contributed by atoms with Crippen molar-refractivity contribution in [3.8, 4) is 23.2 Å². The van der Waals surface area contributed by atoms with Crippen LogP contribution in [0.15, 0.2) is 62.6 Å². The van der Waals surface area contributed by atoms with Crippen molar-refractivity contribution in [1.29, 1.82) is 0 Å². The number of rotatable bonds is 6. The largest absolute Gasteiger partial charge is 0.412 e. The predicted molar refractivity (Wildman–Crippen MR) is 104 cm³/mol. The molecule has 2 aromatic carbocycles. The van der Waals surface area contributed by atoms with Gasteiger partial charge in [0.2, 0.25) is 5.89 Å². The fourth-order valence-electron chi connectivity index (χ4n) is 2.60. The molecular formula is C20H16N4O3S. The first kappa shape index (κ1) is 18.1. The standard InChI is InChI=1S/C20H16N4O3S/c1-12-8-9-13(2)15(10-12)16(25)11-28-20-24-23-19(27-20)18-22-21-17(26-18)14-6-4-3-5-7-14/h3-10H,11H2,1-2H3. The molecule has 7 nitrogen and oxygen atoms in total. The zero-order chi connectivity index (χ0) is 19.5. The summed E-state index contributed by atoms with van der Waals surface area (Å²) >= 11 is 1.18.